The SMILES string of the molecule is COc1ccc(OC)c(CNC(=O)[C@H]2c3ccccc3C(=O)N(CC(C)C)[C@@H]2c2cccs2)c1. The van der Waals surface area contributed by atoms with Crippen LogP contribution in [-0.4, -0.2) is 37.5 Å². The van der Waals surface area contributed by atoms with Crippen molar-refractivity contribution in [3.63, 3.8) is 0 Å². The molecule has 1 aromatic heterocycles. The third-order valence-corrected chi connectivity index (χ3v) is 7.00. The highest BCUT2D eigenvalue weighted by Crippen LogP contribution is 2.44. The Labute approximate surface area is 204 Å². The molecule has 0 radical (unpaired) electrons. The first-order valence-corrected chi connectivity index (χ1v) is 12.2. The Hall–Kier alpha value is -3.32. The van der Waals surface area contributed by atoms with Crippen LogP contribution in [0.2, 0.25) is 0 Å². The van der Waals surface area contributed by atoms with E-state index in [1.165, 1.54) is 0 Å². The Kier molecular flexibility index (Phi) is 7.22. The Balaban J connectivity index is 1.72. The molecule has 0 bridgehead atoms. The molecule has 1 aliphatic heterocycles. The second kappa shape index (κ2) is 10.3. The number of thiophene rings is 1. The van der Waals surface area contributed by atoms with Gasteiger partial charge in [-0.25, -0.2) is 0 Å². The molecule has 2 heterocycles. The third-order valence-electron chi connectivity index (χ3n) is 6.06. The molecule has 1 aliphatic rings. The zero-order valence-corrected chi connectivity index (χ0v) is 20.7. The lowest BCUT2D eigenvalue weighted by Gasteiger charge is -2.42. The number of fused-ring (bicyclic) bond motifs is 1. The summed E-state index contributed by atoms with van der Waals surface area (Å²) in [6.45, 7) is 5.03. The summed E-state index contributed by atoms with van der Waals surface area (Å²) < 4.78 is 10.8. The number of carbonyl (C=O) groups excluding carboxylic acids is 2. The summed E-state index contributed by atoms with van der Waals surface area (Å²) in [5, 5.41) is 5.10. The molecule has 0 saturated heterocycles. The number of carbonyl (C=O) groups is 2. The summed E-state index contributed by atoms with van der Waals surface area (Å²) in [4.78, 5) is 30.2. The first kappa shape index (κ1) is 23.8. The van der Waals surface area contributed by atoms with Gasteiger partial charge in [-0.15, -0.1) is 11.3 Å². The molecule has 4 rings (SSSR count). The van der Waals surface area contributed by atoms with Crippen molar-refractivity contribution >= 4 is 23.2 Å². The quantitative estimate of drug-likeness (QED) is 0.494. The van der Waals surface area contributed by atoms with Crippen LogP contribution in [0.5, 0.6) is 11.5 Å². The summed E-state index contributed by atoms with van der Waals surface area (Å²) >= 11 is 1.57. The van der Waals surface area contributed by atoms with Gasteiger partial charge < -0.3 is 19.7 Å². The molecule has 0 aliphatic carbocycles. The van der Waals surface area contributed by atoms with Crippen molar-refractivity contribution in [1.82, 2.24) is 10.2 Å². The van der Waals surface area contributed by atoms with Crippen LogP contribution in [0.25, 0.3) is 0 Å². The summed E-state index contributed by atoms with van der Waals surface area (Å²) in [6.07, 6.45) is 0. The molecule has 1 N–H and O–H groups in total. The van der Waals surface area contributed by atoms with Gasteiger partial charge in [-0.1, -0.05) is 38.1 Å². The number of ether oxygens (including phenoxy) is 2. The lowest BCUT2D eigenvalue weighted by atomic mass is 9.81. The van der Waals surface area contributed by atoms with Crippen LogP contribution in [0.3, 0.4) is 0 Å². The van der Waals surface area contributed by atoms with Gasteiger partial charge in [-0.2, -0.15) is 0 Å². The first-order valence-electron chi connectivity index (χ1n) is 11.4. The highest BCUT2D eigenvalue weighted by Gasteiger charge is 2.44. The molecule has 0 fully saturated rings. The van der Waals surface area contributed by atoms with Gasteiger partial charge in [0.1, 0.15) is 11.5 Å². The van der Waals surface area contributed by atoms with E-state index in [0.717, 1.165) is 16.0 Å². The Morgan fingerprint density at radius 1 is 1.09 bits per heavy atom. The minimum atomic E-state index is -0.525. The van der Waals surface area contributed by atoms with Crippen LogP contribution in [0.15, 0.2) is 60.0 Å². The van der Waals surface area contributed by atoms with E-state index < -0.39 is 5.92 Å². The molecule has 2 amide bonds. The van der Waals surface area contributed by atoms with Crippen molar-refractivity contribution in [3.05, 3.63) is 81.5 Å². The highest BCUT2D eigenvalue weighted by molar-refractivity contribution is 7.10. The maximum atomic E-state index is 13.8. The molecule has 0 unspecified atom stereocenters. The molecule has 0 spiro atoms. The molecule has 6 nitrogen and oxygen atoms in total. The zero-order valence-electron chi connectivity index (χ0n) is 19.9. The Morgan fingerprint density at radius 2 is 1.88 bits per heavy atom. The van der Waals surface area contributed by atoms with E-state index in [-0.39, 0.29) is 30.3 Å². The lowest BCUT2D eigenvalue weighted by Crippen LogP contribution is -2.48. The van der Waals surface area contributed by atoms with Gasteiger partial charge >= 0.3 is 0 Å². The molecule has 2 aromatic carbocycles. The Morgan fingerprint density at radius 3 is 2.56 bits per heavy atom. The van der Waals surface area contributed by atoms with Gasteiger partial charge in [-0.3, -0.25) is 9.59 Å². The predicted molar refractivity (Wildman–Crippen MR) is 134 cm³/mol. The maximum Gasteiger partial charge on any atom is 0.254 e. The van der Waals surface area contributed by atoms with Crippen LogP contribution >= 0.6 is 11.3 Å². The van der Waals surface area contributed by atoms with Gasteiger partial charge in [0, 0.05) is 29.1 Å². The first-order chi connectivity index (χ1) is 16.4. The van der Waals surface area contributed by atoms with E-state index in [9.17, 15) is 9.59 Å². The van der Waals surface area contributed by atoms with Crippen molar-refractivity contribution < 1.29 is 19.1 Å². The lowest BCUT2D eigenvalue weighted by molar-refractivity contribution is -0.124. The monoisotopic (exact) mass is 478 g/mol. The molecule has 0 saturated carbocycles. The molecule has 3 aromatic rings. The van der Waals surface area contributed by atoms with E-state index in [1.807, 2.05) is 64.9 Å². The summed E-state index contributed by atoms with van der Waals surface area (Å²) in [5.41, 5.74) is 2.18. The van der Waals surface area contributed by atoms with E-state index in [1.54, 1.807) is 25.6 Å². The average molecular weight is 479 g/mol. The second-order valence-corrected chi connectivity index (χ2v) is 9.75. The van der Waals surface area contributed by atoms with Gasteiger partial charge in [0.2, 0.25) is 5.91 Å². The molecular formula is C27H30N2O4S. The van der Waals surface area contributed by atoms with E-state index >= 15 is 0 Å². The molecular weight excluding hydrogens is 448 g/mol. The molecule has 7 heteroatoms. The van der Waals surface area contributed by atoms with Crippen molar-refractivity contribution in [2.24, 2.45) is 5.92 Å². The van der Waals surface area contributed by atoms with E-state index in [2.05, 4.69) is 19.2 Å². The van der Waals surface area contributed by atoms with Gasteiger partial charge in [-0.05, 0) is 47.2 Å². The zero-order chi connectivity index (χ0) is 24.2. The average Bonchev–Trinajstić information content (AvgIpc) is 3.38. The number of benzene rings is 2. The van der Waals surface area contributed by atoms with Crippen molar-refractivity contribution in [1.29, 1.82) is 0 Å². The number of hydrogen-bond acceptors (Lipinski definition) is 5. The topological polar surface area (TPSA) is 67.9 Å². The minimum absolute atomic E-state index is 0.0267. The summed E-state index contributed by atoms with van der Waals surface area (Å²) in [7, 11) is 3.21. The van der Waals surface area contributed by atoms with Gasteiger partial charge in [0.05, 0.1) is 26.2 Å². The van der Waals surface area contributed by atoms with E-state index in [0.29, 0.717) is 23.6 Å². The standard InChI is InChI=1S/C27H30N2O4S/c1-17(2)16-29-25(23-10-7-13-34-23)24(20-8-5-6-9-21(20)27(29)31)26(30)28-15-18-14-19(32-3)11-12-22(18)33-4/h5-14,17,24-25H,15-16H2,1-4H3,(H,28,30)/t24-,25+/m0/s1. The Bertz CT molecular complexity index is 1160. The van der Waals surface area contributed by atoms with Gasteiger partial charge in [0.25, 0.3) is 5.91 Å². The van der Waals surface area contributed by atoms with Crippen LogP contribution in [-0.2, 0) is 11.3 Å². The fourth-order valence-corrected chi connectivity index (χ4v) is 5.43. The number of methoxy groups -OCH3 is 2. The van der Waals surface area contributed by atoms with Gasteiger partial charge in [0.15, 0.2) is 0 Å². The molecule has 2 atom stereocenters. The second-order valence-electron chi connectivity index (χ2n) is 8.77. The van der Waals surface area contributed by atoms with Crippen LogP contribution < -0.4 is 14.8 Å². The van der Waals surface area contributed by atoms with Crippen LogP contribution in [0.4, 0.5) is 0 Å². The van der Waals surface area contributed by atoms with Crippen molar-refractivity contribution in [2.75, 3.05) is 20.8 Å². The van der Waals surface area contributed by atoms with Crippen LogP contribution in [0, 0.1) is 5.92 Å². The number of amides is 2. The number of rotatable bonds is 8. The number of nitrogens with one attached hydrogen (secondary N) is 1. The fourth-order valence-electron chi connectivity index (χ4n) is 4.56. The molecule has 178 valence electrons. The maximum absolute atomic E-state index is 13.8. The predicted octanol–water partition coefficient (Wildman–Crippen LogP) is 5.02. The normalized spacial score (nSPS) is 17.4. The highest BCUT2D eigenvalue weighted by atomic mass is 32.1. The summed E-state index contributed by atoms with van der Waals surface area (Å²) in [6, 6.07) is 16.6. The van der Waals surface area contributed by atoms with Crippen molar-refractivity contribution in [3.8, 4) is 11.5 Å². The van der Waals surface area contributed by atoms with Crippen LogP contribution in [0.1, 0.15) is 52.2 Å². The van der Waals surface area contributed by atoms with Crippen molar-refractivity contribution in [2.45, 2.75) is 32.4 Å². The number of hydrogen-bond donors (Lipinski definition) is 1. The largest absolute Gasteiger partial charge is 0.497 e. The number of nitrogens with zero attached hydrogens (tertiary/aromatic N) is 1. The van der Waals surface area contributed by atoms with E-state index in [4.69, 9.17) is 9.47 Å². The smallest absolute Gasteiger partial charge is 0.254 e. The molecule has 34 heavy (non-hydrogen) atoms. The third kappa shape index (κ3) is 4.66. The summed E-state index contributed by atoms with van der Waals surface area (Å²) in [5.74, 6) is 0.956. The minimum Gasteiger partial charge on any atom is -0.497 e. The fraction of sp³-hybridized carbons (Fsp3) is 0.333.